The van der Waals surface area contributed by atoms with Crippen LogP contribution in [-0.2, 0) is 6.18 Å². The van der Waals surface area contributed by atoms with Gasteiger partial charge in [0.25, 0.3) is 0 Å². The van der Waals surface area contributed by atoms with Gasteiger partial charge in [0.15, 0.2) is 5.78 Å². The van der Waals surface area contributed by atoms with E-state index >= 15 is 0 Å². The summed E-state index contributed by atoms with van der Waals surface area (Å²) in [5, 5.41) is 0. The Balaban J connectivity index is 3.27. The minimum absolute atomic E-state index is 0.157. The number of hydrogen-bond acceptors (Lipinski definition) is 2. The van der Waals surface area contributed by atoms with Gasteiger partial charge >= 0.3 is 6.18 Å². The maximum absolute atomic E-state index is 12.5. The van der Waals surface area contributed by atoms with Crippen molar-refractivity contribution in [1.29, 1.82) is 0 Å². The molecule has 0 saturated heterocycles. The minimum Gasteiger partial charge on any atom is -0.294 e. The second kappa shape index (κ2) is 4.91. The molecular formula is C11H11F3OS. The number of carbonyl (C=O) groups is 1. The Morgan fingerprint density at radius 3 is 2.44 bits per heavy atom. The number of thioether (sulfide) groups is 1. The summed E-state index contributed by atoms with van der Waals surface area (Å²) in [5.41, 5.74) is -0.619. The molecule has 88 valence electrons. The van der Waals surface area contributed by atoms with Crippen molar-refractivity contribution in [3.8, 4) is 0 Å². The van der Waals surface area contributed by atoms with Crippen LogP contribution in [0.4, 0.5) is 13.2 Å². The Kier molecular flexibility index (Phi) is 4.02. The predicted octanol–water partition coefficient (Wildman–Crippen LogP) is 4.02. The molecule has 1 nitrogen and oxygen atoms in total. The van der Waals surface area contributed by atoms with Gasteiger partial charge in [-0.2, -0.15) is 13.2 Å². The van der Waals surface area contributed by atoms with Gasteiger partial charge in [0.2, 0.25) is 0 Å². The van der Waals surface area contributed by atoms with Crippen LogP contribution in [0.1, 0.15) is 29.3 Å². The second-order valence-corrected chi connectivity index (χ2v) is 4.04. The van der Waals surface area contributed by atoms with Crippen LogP contribution >= 0.6 is 11.8 Å². The lowest BCUT2D eigenvalue weighted by molar-refractivity contribution is -0.137. The molecule has 0 spiro atoms. The van der Waals surface area contributed by atoms with Crippen molar-refractivity contribution < 1.29 is 18.0 Å². The van der Waals surface area contributed by atoms with Crippen LogP contribution in [0.5, 0.6) is 0 Å². The number of alkyl halides is 3. The first-order valence-corrected chi connectivity index (χ1v) is 5.91. The van der Waals surface area contributed by atoms with Gasteiger partial charge in [-0.15, -0.1) is 11.8 Å². The number of rotatable bonds is 3. The highest BCUT2D eigenvalue weighted by Gasteiger charge is 2.31. The summed E-state index contributed by atoms with van der Waals surface area (Å²) in [7, 11) is 0. The van der Waals surface area contributed by atoms with Crippen molar-refractivity contribution in [1.82, 2.24) is 0 Å². The zero-order valence-corrected chi connectivity index (χ0v) is 9.71. The summed E-state index contributed by atoms with van der Waals surface area (Å²) >= 11 is 1.27. The summed E-state index contributed by atoms with van der Waals surface area (Å²) < 4.78 is 37.4. The fourth-order valence-corrected chi connectivity index (χ4v) is 1.89. The lowest BCUT2D eigenvalue weighted by Gasteiger charge is -2.10. The summed E-state index contributed by atoms with van der Waals surface area (Å²) in [6, 6.07) is 3.27. The Hall–Kier alpha value is -0.970. The molecule has 16 heavy (non-hydrogen) atoms. The molecule has 0 radical (unpaired) electrons. The smallest absolute Gasteiger partial charge is 0.294 e. The lowest BCUT2D eigenvalue weighted by atomic mass is 10.1. The number of halogens is 3. The maximum atomic E-state index is 12.5. The third-order valence-electron chi connectivity index (χ3n) is 2.15. The van der Waals surface area contributed by atoms with Crippen molar-refractivity contribution in [3.05, 3.63) is 29.3 Å². The Morgan fingerprint density at radius 1 is 1.38 bits per heavy atom. The monoisotopic (exact) mass is 248 g/mol. The largest absolute Gasteiger partial charge is 0.416 e. The van der Waals surface area contributed by atoms with Crippen LogP contribution in [0.3, 0.4) is 0 Å². The van der Waals surface area contributed by atoms with Crippen molar-refractivity contribution in [2.24, 2.45) is 0 Å². The van der Waals surface area contributed by atoms with E-state index in [9.17, 15) is 18.0 Å². The first-order chi connectivity index (χ1) is 7.40. The fraction of sp³-hybridized carbons (Fsp3) is 0.364. The van der Waals surface area contributed by atoms with Crippen molar-refractivity contribution in [2.75, 3.05) is 6.26 Å². The van der Waals surface area contributed by atoms with Gasteiger partial charge in [0.1, 0.15) is 0 Å². The molecule has 5 heteroatoms. The van der Waals surface area contributed by atoms with Gasteiger partial charge in [-0.25, -0.2) is 0 Å². The van der Waals surface area contributed by atoms with Crippen molar-refractivity contribution in [2.45, 2.75) is 24.4 Å². The fourth-order valence-electron chi connectivity index (χ4n) is 1.29. The maximum Gasteiger partial charge on any atom is 0.416 e. The number of Topliss-reactive ketones (excluding diaryl/α,β-unsaturated/α-hetero) is 1. The van der Waals surface area contributed by atoms with E-state index in [0.717, 1.165) is 12.1 Å². The van der Waals surface area contributed by atoms with Gasteiger partial charge in [-0.3, -0.25) is 4.79 Å². The molecule has 0 heterocycles. The number of carbonyl (C=O) groups excluding carboxylic acids is 1. The highest BCUT2D eigenvalue weighted by molar-refractivity contribution is 7.98. The lowest BCUT2D eigenvalue weighted by Crippen LogP contribution is -2.08. The SMILES string of the molecule is CCC(=O)c1cc(C(F)(F)F)ccc1SC. The predicted molar refractivity (Wildman–Crippen MR) is 57.8 cm³/mol. The van der Waals surface area contributed by atoms with E-state index < -0.39 is 11.7 Å². The zero-order valence-electron chi connectivity index (χ0n) is 8.89. The second-order valence-electron chi connectivity index (χ2n) is 3.19. The molecule has 0 aliphatic rings. The molecular weight excluding hydrogens is 237 g/mol. The van der Waals surface area contributed by atoms with E-state index in [2.05, 4.69) is 0 Å². The molecule has 1 aromatic rings. The molecule has 0 unspecified atom stereocenters. The Bertz CT molecular complexity index is 399. The van der Waals surface area contributed by atoms with Gasteiger partial charge in [-0.05, 0) is 24.5 Å². The number of ketones is 1. The normalized spacial score (nSPS) is 11.6. The standard InChI is InChI=1S/C11H11F3OS/c1-3-9(15)8-6-7(11(12,13)14)4-5-10(8)16-2/h4-6H,3H2,1-2H3. The summed E-state index contributed by atoms with van der Waals surface area (Å²) in [5.74, 6) is -0.268. The average Bonchev–Trinajstić information content (AvgIpc) is 2.25. The molecule has 0 fully saturated rings. The molecule has 0 amide bonds. The molecule has 1 aromatic carbocycles. The molecule has 0 atom stereocenters. The van der Waals surface area contributed by atoms with Gasteiger partial charge in [0, 0.05) is 16.9 Å². The van der Waals surface area contributed by atoms with Crippen LogP contribution in [-0.4, -0.2) is 12.0 Å². The average molecular weight is 248 g/mol. The van der Waals surface area contributed by atoms with E-state index in [1.165, 1.54) is 17.8 Å². The van der Waals surface area contributed by atoms with Crippen molar-refractivity contribution in [3.63, 3.8) is 0 Å². The van der Waals surface area contributed by atoms with Crippen LogP contribution < -0.4 is 0 Å². The van der Waals surface area contributed by atoms with Crippen LogP contribution in [0.25, 0.3) is 0 Å². The van der Waals surface area contributed by atoms with Gasteiger partial charge in [-0.1, -0.05) is 6.92 Å². The number of hydrogen-bond donors (Lipinski definition) is 0. The third-order valence-corrected chi connectivity index (χ3v) is 2.94. The highest BCUT2D eigenvalue weighted by atomic mass is 32.2. The van der Waals surface area contributed by atoms with E-state index in [-0.39, 0.29) is 17.8 Å². The number of benzene rings is 1. The quantitative estimate of drug-likeness (QED) is 0.593. The van der Waals surface area contributed by atoms with E-state index in [1.807, 2.05) is 0 Å². The van der Waals surface area contributed by atoms with Gasteiger partial charge < -0.3 is 0 Å². The summed E-state index contributed by atoms with van der Waals surface area (Å²) in [6.45, 7) is 1.63. The van der Waals surface area contributed by atoms with Crippen LogP contribution in [0.2, 0.25) is 0 Å². The molecule has 0 aromatic heterocycles. The van der Waals surface area contributed by atoms with Crippen molar-refractivity contribution >= 4 is 17.5 Å². The highest BCUT2D eigenvalue weighted by Crippen LogP contribution is 2.32. The molecule has 1 rings (SSSR count). The van der Waals surface area contributed by atoms with Gasteiger partial charge in [0.05, 0.1) is 5.56 Å². The molecule has 0 N–H and O–H groups in total. The molecule has 0 bridgehead atoms. The topological polar surface area (TPSA) is 17.1 Å². The molecule has 0 aliphatic carbocycles. The first kappa shape index (κ1) is 13.1. The Labute approximate surface area is 96.0 Å². The zero-order chi connectivity index (χ0) is 12.3. The molecule has 0 saturated carbocycles. The first-order valence-electron chi connectivity index (χ1n) is 4.68. The van der Waals surface area contributed by atoms with E-state index in [4.69, 9.17) is 0 Å². The Morgan fingerprint density at radius 2 is 2.00 bits per heavy atom. The molecule has 0 aliphatic heterocycles. The summed E-state index contributed by atoms with van der Waals surface area (Å²) in [6.07, 6.45) is -2.47. The van der Waals surface area contributed by atoms with E-state index in [0.29, 0.717) is 4.90 Å². The van der Waals surface area contributed by atoms with Crippen LogP contribution in [0.15, 0.2) is 23.1 Å². The van der Waals surface area contributed by atoms with E-state index in [1.54, 1.807) is 13.2 Å². The third kappa shape index (κ3) is 2.78. The summed E-state index contributed by atoms with van der Waals surface area (Å²) in [4.78, 5) is 12.1. The van der Waals surface area contributed by atoms with Crippen LogP contribution in [0, 0.1) is 0 Å². The minimum atomic E-state index is -4.40.